The first-order valence-corrected chi connectivity index (χ1v) is 9.14. The summed E-state index contributed by atoms with van der Waals surface area (Å²) in [6.07, 6.45) is 5.81. The highest BCUT2D eigenvalue weighted by atomic mass is 35.5. The van der Waals surface area contributed by atoms with Crippen molar-refractivity contribution in [1.82, 2.24) is 24.1 Å². The lowest BCUT2D eigenvalue weighted by atomic mass is 10.2. The lowest BCUT2D eigenvalue weighted by Gasteiger charge is -2.12. The summed E-state index contributed by atoms with van der Waals surface area (Å²) in [6, 6.07) is 5.62. The van der Waals surface area contributed by atoms with Gasteiger partial charge in [-0.2, -0.15) is 4.98 Å². The molecule has 4 aromatic rings. The van der Waals surface area contributed by atoms with Gasteiger partial charge in [0.2, 0.25) is 11.7 Å². The zero-order chi connectivity index (χ0) is 17.4. The number of aromatic nitrogens is 5. The van der Waals surface area contributed by atoms with Crippen LogP contribution in [0.3, 0.4) is 0 Å². The average Bonchev–Trinajstić information content (AvgIpc) is 3.55. The van der Waals surface area contributed by atoms with Crippen LogP contribution in [0.15, 0.2) is 33.8 Å². The van der Waals surface area contributed by atoms with Gasteiger partial charge in [0.05, 0.1) is 15.9 Å². The molecule has 130 valence electrons. The molecule has 0 amide bonds. The number of halogens is 1. The molecule has 0 saturated heterocycles. The second kappa shape index (κ2) is 4.94. The maximum Gasteiger partial charge on any atom is 0.263 e. The summed E-state index contributed by atoms with van der Waals surface area (Å²) in [5.41, 5.74) is 1.93. The third kappa shape index (κ3) is 1.94. The van der Waals surface area contributed by atoms with Crippen molar-refractivity contribution in [2.45, 2.75) is 37.6 Å². The van der Waals surface area contributed by atoms with Crippen LogP contribution in [0.4, 0.5) is 0 Å². The van der Waals surface area contributed by atoms with E-state index in [9.17, 15) is 4.79 Å². The van der Waals surface area contributed by atoms with E-state index in [0.29, 0.717) is 39.4 Å². The summed E-state index contributed by atoms with van der Waals surface area (Å²) in [6.45, 7) is 0. The van der Waals surface area contributed by atoms with Gasteiger partial charge < -0.3 is 4.52 Å². The Bertz CT molecular complexity index is 1250. The van der Waals surface area contributed by atoms with Crippen LogP contribution >= 0.6 is 11.6 Å². The first-order valence-electron chi connectivity index (χ1n) is 8.76. The molecule has 26 heavy (non-hydrogen) atoms. The minimum atomic E-state index is -0.0896. The number of fused-ring (bicyclic) bond motifs is 3. The molecule has 3 heterocycles. The van der Waals surface area contributed by atoms with Crippen LogP contribution in [0.25, 0.3) is 28.1 Å². The van der Waals surface area contributed by atoms with Crippen LogP contribution in [0, 0.1) is 0 Å². The van der Waals surface area contributed by atoms with Crippen molar-refractivity contribution in [2.75, 3.05) is 0 Å². The summed E-state index contributed by atoms with van der Waals surface area (Å²) in [5, 5.41) is 5.09. The molecule has 2 fully saturated rings. The Morgan fingerprint density at radius 1 is 1.19 bits per heavy atom. The molecule has 2 aliphatic rings. The quantitative estimate of drug-likeness (QED) is 0.553. The molecule has 7 nitrogen and oxygen atoms in total. The van der Waals surface area contributed by atoms with Gasteiger partial charge in [-0.25, -0.2) is 4.98 Å². The highest BCUT2D eigenvalue weighted by Crippen LogP contribution is 2.41. The maximum absolute atomic E-state index is 13.2. The standard InChI is InChI=1S/C18H14ClN5O2/c19-11-2-1-3-12-13(11)18(25)24(10-6-7-10)17-14(20-8-23(12)17)15-21-16(26-22-15)9-4-5-9/h1-3,8-10H,4-7H2. The largest absolute Gasteiger partial charge is 0.339 e. The SMILES string of the molecule is O=c1c2c(Cl)cccc2n2cnc(-c3noc(C4CC4)n3)c2n1C1CC1. The minimum absolute atomic E-state index is 0.0896. The average molecular weight is 368 g/mol. The molecule has 0 bridgehead atoms. The molecule has 2 aliphatic carbocycles. The Kier molecular flexibility index (Phi) is 2.76. The molecule has 8 heteroatoms. The first-order chi connectivity index (χ1) is 12.7. The Labute approximate surface area is 152 Å². The Hall–Kier alpha value is -2.67. The number of rotatable bonds is 3. The smallest absolute Gasteiger partial charge is 0.263 e. The van der Waals surface area contributed by atoms with E-state index in [-0.39, 0.29) is 11.6 Å². The van der Waals surface area contributed by atoms with Crippen molar-refractivity contribution in [1.29, 1.82) is 0 Å². The fourth-order valence-electron chi connectivity index (χ4n) is 3.55. The number of hydrogen-bond donors (Lipinski definition) is 0. The van der Waals surface area contributed by atoms with Crippen molar-refractivity contribution < 1.29 is 4.52 Å². The van der Waals surface area contributed by atoms with Crippen LogP contribution in [-0.2, 0) is 0 Å². The predicted octanol–water partition coefficient (Wildman–Crippen LogP) is 3.56. The van der Waals surface area contributed by atoms with Crippen LogP contribution in [0.1, 0.15) is 43.5 Å². The van der Waals surface area contributed by atoms with Crippen LogP contribution in [0.5, 0.6) is 0 Å². The Morgan fingerprint density at radius 2 is 2.04 bits per heavy atom. The molecule has 2 saturated carbocycles. The molecule has 0 unspecified atom stereocenters. The number of hydrogen-bond acceptors (Lipinski definition) is 5. The summed E-state index contributed by atoms with van der Waals surface area (Å²) in [7, 11) is 0. The Morgan fingerprint density at radius 3 is 2.81 bits per heavy atom. The third-order valence-corrected chi connectivity index (χ3v) is 5.46. The second-order valence-electron chi connectivity index (χ2n) is 7.06. The Balaban J connectivity index is 1.71. The summed E-state index contributed by atoms with van der Waals surface area (Å²) < 4.78 is 9.10. The van der Waals surface area contributed by atoms with Crippen LogP contribution < -0.4 is 5.56 Å². The molecular weight excluding hydrogens is 354 g/mol. The predicted molar refractivity (Wildman–Crippen MR) is 95.5 cm³/mol. The van der Waals surface area contributed by atoms with Gasteiger partial charge in [-0.15, -0.1) is 0 Å². The molecular formula is C18H14ClN5O2. The summed E-state index contributed by atoms with van der Waals surface area (Å²) in [5.74, 6) is 1.46. The molecule has 6 rings (SSSR count). The third-order valence-electron chi connectivity index (χ3n) is 5.15. The lowest BCUT2D eigenvalue weighted by molar-refractivity contribution is 0.380. The maximum atomic E-state index is 13.2. The van der Waals surface area contributed by atoms with E-state index in [1.165, 1.54) is 0 Å². The summed E-state index contributed by atoms with van der Waals surface area (Å²) in [4.78, 5) is 22.3. The number of benzene rings is 1. The van der Waals surface area contributed by atoms with Crippen molar-refractivity contribution in [3.05, 3.63) is 45.8 Å². The van der Waals surface area contributed by atoms with E-state index in [2.05, 4.69) is 15.1 Å². The minimum Gasteiger partial charge on any atom is -0.339 e. The molecule has 0 N–H and O–H groups in total. The van der Waals surface area contributed by atoms with Crippen molar-refractivity contribution in [2.24, 2.45) is 0 Å². The van der Waals surface area contributed by atoms with Gasteiger partial charge in [0.25, 0.3) is 5.56 Å². The van der Waals surface area contributed by atoms with Gasteiger partial charge in [-0.1, -0.05) is 22.8 Å². The topological polar surface area (TPSA) is 78.2 Å². The van der Waals surface area contributed by atoms with E-state index in [1.54, 1.807) is 17.0 Å². The number of imidazole rings is 1. The van der Waals surface area contributed by atoms with Crippen molar-refractivity contribution >= 4 is 28.2 Å². The van der Waals surface area contributed by atoms with Gasteiger partial charge in [-0.3, -0.25) is 13.8 Å². The fourth-order valence-corrected chi connectivity index (χ4v) is 3.80. The zero-order valence-corrected chi connectivity index (χ0v) is 14.5. The molecule has 1 aromatic carbocycles. The zero-order valence-electron chi connectivity index (χ0n) is 13.7. The van der Waals surface area contributed by atoms with Gasteiger partial charge in [0, 0.05) is 12.0 Å². The van der Waals surface area contributed by atoms with Gasteiger partial charge >= 0.3 is 0 Å². The van der Waals surface area contributed by atoms with E-state index in [1.807, 2.05) is 16.5 Å². The molecule has 0 spiro atoms. The monoisotopic (exact) mass is 367 g/mol. The van der Waals surface area contributed by atoms with E-state index in [0.717, 1.165) is 31.2 Å². The first kappa shape index (κ1) is 14.5. The number of nitrogens with zero attached hydrogens (tertiary/aromatic N) is 5. The highest BCUT2D eigenvalue weighted by molar-refractivity contribution is 6.35. The lowest BCUT2D eigenvalue weighted by Crippen LogP contribution is -2.22. The van der Waals surface area contributed by atoms with Gasteiger partial charge in [0.15, 0.2) is 11.3 Å². The summed E-state index contributed by atoms with van der Waals surface area (Å²) >= 11 is 6.34. The highest BCUT2D eigenvalue weighted by Gasteiger charge is 2.33. The van der Waals surface area contributed by atoms with Crippen LogP contribution in [0.2, 0.25) is 5.02 Å². The molecule has 0 radical (unpaired) electrons. The molecule has 0 atom stereocenters. The normalized spacial score (nSPS) is 17.4. The van der Waals surface area contributed by atoms with Crippen molar-refractivity contribution in [3.8, 4) is 11.5 Å². The fraction of sp³-hybridized carbons (Fsp3) is 0.333. The van der Waals surface area contributed by atoms with E-state index >= 15 is 0 Å². The van der Waals surface area contributed by atoms with Crippen molar-refractivity contribution in [3.63, 3.8) is 0 Å². The van der Waals surface area contributed by atoms with Gasteiger partial charge in [-0.05, 0) is 37.8 Å². The van der Waals surface area contributed by atoms with Gasteiger partial charge in [0.1, 0.15) is 6.33 Å². The molecule has 3 aromatic heterocycles. The van der Waals surface area contributed by atoms with E-state index in [4.69, 9.17) is 16.1 Å². The second-order valence-corrected chi connectivity index (χ2v) is 7.46. The van der Waals surface area contributed by atoms with E-state index < -0.39 is 0 Å². The molecule has 0 aliphatic heterocycles. The van der Waals surface area contributed by atoms with Crippen LogP contribution in [-0.4, -0.2) is 24.1 Å².